The molecule has 2 heterocycles. The predicted octanol–water partition coefficient (Wildman–Crippen LogP) is 2.00. The highest BCUT2D eigenvalue weighted by atomic mass is 32.1. The molecule has 17 heavy (non-hydrogen) atoms. The molecule has 0 aromatic carbocycles. The molecule has 3 N–H and O–H groups in total. The monoisotopic (exact) mass is 253 g/mol. The molecule has 1 aromatic rings. The number of hydrogen-bond donors (Lipinski definition) is 2. The largest absolute Gasteiger partial charge is 0.375 e. The fourth-order valence-electron chi connectivity index (χ4n) is 3.11. The number of hydrogen-bond acceptors (Lipinski definition) is 5. The van der Waals surface area contributed by atoms with E-state index in [1.165, 1.54) is 19.3 Å². The van der Waals surface area contributed by atoms with Gasteiger partial charge in [-0.2, -0.15) is 0 Å². The summed E-state index contributed by atoms with van der Waals surface area (Å²) in [4.78, 5) is 4.39. The van der Waals surface area contributed by atoms with Crippen LogP contribution in [0.2, 0.25) is 0 Å². The Morgan fingerprint density at radius 2 is 2.47 bits per heavy atom. The van der Waals surface area contributed by atoms with Crippen molar-refractivity contribution in [1.82, 2.24) is 10.4 Å². The molecule has 1 spiro atoms. The quantitative estimate of drug-likeness (QED) is 0.639. The van der Waals surface area contributed by atoms with Crippen LogP contribution in [0, 0.1) is 5.92 Å². The first-order valence-corrected chi connectivity index (χ1v) is 7.25. The second-order valence-electron chi connectivity index (χ2n) is 5.20. The minimum atomic E-state index is 0.175. The van der Waals surface area contributed by atoms with Crippen LogP contribution in [0.25, 0.3) is 0 Å². The first kappa shape index (κ1) is 11.6. The maximum atomic E-state index is 5.96. The lowest BCUT2D eigenvalue weighted by atomic mass is 9.70. The van der Waals surface area contributed by atoms with Gasteiger partial charge in [0.2, 0.25) is 0 Å². The van der Waals surface area contributed by atoms with Gasteiger partial charge < -0.3 is 4.74 Å². The first-order chi connectivity index (χ1) is 8.33. The summed E-state index contributed by atoms with van der Waals surface area (Å²) in [7, 11) is 0. The Morgan fingerprint density at radius 3 is 3.06 bits per heavy atom. The Hall–Kier alpha value is -0.490. The van der Waals surface area contributed by atoms with E-state index in [1.807, 2.05) is 5.51 Å². The molecular formula is C12H19N3OS. The van der Waals surface area contributed by atoms with Gasteiger partial charge in [0.25, 0.3) is 0 Å². The third kappa shape index (κ3) is 2.12. The molecule has 2 fully saturated rings. The van der Waals surface area contributed by atoms with E-state index < -0.39 is 0 Å². The normalized spacial score (nSPS) is 28.9. The third-order valence-corrected chi connectivity index (χ3v) is 4.82. The number of ether oxygens (including phenoxy) is 1. The number of aromatic nitrogens is 1. The average molecular weight is 253 g/mol. The summed E-state index contributed by atoms with van der Waals surface area (Å²) in [5.74, 6) is 6.27. The van der Waals surface area contributed by atoms with Crippen molar-refractivity contribution >= 4 is 11.3 Å². The zero-order chi connectivity index (χ0) is 11.7. The minimum Gasteiger partial charge on any atom is -0.375 e. The molecule has 2 atom stereocenters. The lowest BCUT2D eigenvalue weighted by Gasteiger charge is -2.48. The van der Waals surface area contributed by atoms with Crippen LogP contribution in [0.1, 0.15) is 43.8 Å². The summed E-state index contributed by atoms with van der Waals surface area (Å²) in [6, 6.07) is 0.183. The molecule has 2 unspecified atom stereocenters. The second-order valence-corrected chi connectivity index (χ2v) is 5.91. The Bertz CT molecular complexity index is 364. The maximum Gasteiger partial charge on any atom is 0.0795 e. The molecule has 1 aliphatic carbocycles. The van der Waals surface area contributed by atoms with Gasteiger partial charge in [-0.25, -0.2) is 4.98 Å². The molecule has 1 aromatic heterocycles. The van der Waals surface area contributed by atoms with E-state index in [4.69, 9.17) is 10.6 Å². The van der Waals surface area contributed by atoms with Crippen LogP contribution in [-0.4, -0.2) is 17.2 Å². The fourth-order valence-corrected chi connectivity index (χ4v) is 3.70. The van der Waals surface area contributed by atoms with Crippen LogP contribution in [0.15, 0.2) is 10.9 Å². The van der Waals surface area contributed by atoms with E-state index in [0.717, 1.165) is 25.1 Å². The summed E-state index contributed by atoms with van der Waals surface area (Å²) in [6.07, 6.45) is 5.95. The highest BCUT2D eigenvalue weighted by Crippen LogP contribution is 2.46. The van der Waals surface area contributed by atoms with Crippen molar-refractivity contribution in [3.8, 4) is 0 Å². The summed E-state index contributed by atoms with van der Waals surface area (Å²) < 4.78 is 5.96. The zero-order valence-electron chi connectivity index (χ0n) is 9.89. The highest BCUT2D eigenvalue weighted by molar-refractivity contribution is 7.07. The summed E-state index contributed by atoms with van der Waals surface area (Å²) in [5.41, 5.74) is 6.08. The molecule has 1 saturated heterocycles. The molecule has 5 heteroatoms. The van der Waals surface area contributed by atoms with Crippen molar-refractivity contribution in [2.75, 3.05) is 6.61 Å². The van der Waals surface area contributed by atoms with Gasteiger partial charge in [0.1, 0.15) is 0 Å². The molecule has 3 rings (SSSR count). The standard InChI is InChI=1S/C12H19N3OS/c13-15-11(10-7-17-8-14-10)9-2-5-16-12(6-9)3-1-4-12/h7-9,11,15H,1-6,13H2. The van der Waals surface area contributed by atoms with Crippen LogP contribution in [0.3, 0.4) is 0 Å². The highest BCUT2D eigenvalue weighted by Gasteiger charge is 2.44. The lowest BCUT2D eigenvalue weighted by molar-refractivity contribution is -0.147. The molecule has 94 valence electrons. The SMILES string of the molecule is NNC(c1cscn1)C1CCOC2(CCC2)C1. The van der Waals surface area contributed by atoms with Crippen LogP contribution in [-0.2, 0) is 4.74 Å². The van der Waals surface area contributed by atoms with Gasteiger partial charge >= 0.3 is 0 Å². The van der Waals surface area contributed by atoms with Crippen molar-refractivity contribution < 1.29 is 4.74 Å². The Balaban J connectivity index is 1.73. The van der Waals surface area contributed by atoms with E-state index in [2.05, 4.69) is 15.8 Å². The fraction of sp³-hybridized carbons (Fsp3) is 0.750. The molecule has 4 nitrogen and oxygen atoms in total. The van der Waals surface area contributed by atoms with Crippen LogP contribution < -0.4 is 11.3 Å². The molecule has 2 aliphatic rings. The van der Waals surface area contributed by atoms with Crippen LogP contribution >= 0.6 is 11.3 Å². The van der Waals surface area contributed by atoms with E-state index >= 15 is 0 Å². The Kier molecular flexibility index (Phi) is 3.17. The van der Waals surface area contributed by atoms with Gasteiger partial charge in [0.05, 0.1) is 22.8 Å². The van der Waals surface area contributed by atoms with Crippen LogP contribution in [0.5, 0.6) is 0 Å². The Labute approximate surface area is 106 Å². The van der Waals surface area contributed by atoms with E-state index in [-0.39, 0.29) is 11.6 Å². The van der Waals surface area contributed by atoms with Crippen LogP contribution in [0.4, 0.5) is 0 Å². The second kappa shape index (κ2) is 4.65. The van der Waals surface area contributed by atoms with E-state index in [0.29, 0.717) is 5.92 Å². The van der Waals surface area contributed by atoms with Crippen molar-refractivity contribution in [1.29, 1.82) is 0 Å². The molecule has 1 saturated carbocycles. The summed E-state index contributed by atoms with van der Waals surface area (Å²) in [6.45, 7) is 0.868. The minimum absolute atomic E-state index is 0.175. The number of rotatable bonds is 3. The first-order valence-electron chi connectivity index (χ1n) is 6.31. The van der Waals surface area contributed by atoms with Gasteiger partial charge in [-0.05, 0) is 38.0 Å². The number of hydrazine groups is 1. The van der Waals surface area contributed by atoms with Gasteiger partial charge in [-0.3, -0.25) is 11.3 Å². The maximum absolute atomic E-state index is 5.96. The summed E-state index contributed by atoms with van der Waals surface area (Å²) in [5, 5.41) is 2.09. The lowest BCUT2D eigenvalue weighted by Crippen LogP contribution is -2.48. The van der Waals surface area contributed by atoms with Crippen molar-refractivity contribution in [2.24, 2.45) is 11.8 Å². The average Bonchev–Trinajstić information content (AvgIpc) is 2.82. The van der Waals surface area contributed by atoms with E-state index in [1.54, 1.807) is 11.3 Å². The number of nitrogens with two attached hydrogens (primary N) is 1. The zero-order valence-corrected chi connectivity index (χ0v) is 10.7. The number of nitrogens with zero attached hydrogens (tertiary/aromatic N) is 1. The third-order valence-electron chi connectivity index (χ3n) is 4.22. The predicted molar refractivity (Wildman–Crippen MR) is 67.4 cm³/mol. The van der Waals surface area contributed by atoms with Gasteiger partial charge in [0.15, 0.2) is 0 Å². The van der Waals surface area contributed by atoms with Crippen molar-refractivity contribution in [3.63, 3.8) is 0 Å². The molecule has 0 amide bonds. The topological polar surface area (TPSA) is 60.2 Å². The molecular weight excluding hydrogens is 234 g/mol. The van der Waals surface area contributed by atoms with Crippen molar-refractivity contribution in [3.05, 3.63) is 16.6 Å². The molecule has 1 aliphatic heterocycles. The smallest absolute Gasteiger partial charge is 0.0795 e. The van der Waals surface area contributed by atoms with Gasteiger partial charge in [-0.15, -0.1) is 11.3 Å². The summed E-state index contributed by atoms with van der Waals surface area (Å²) >= 11 is 1.63. The Morgan fingerprint density at radius 1 is 1.59 bits per heavy atom. The van der Waals surface area contributed by atoms with Gasteiger partial charge in [0, 0.05) is 12.0 Å². The van der Waals surface area contributed by atoms with Crippen molar-refractivity contribution in [2.45, 2.75) is 43.7 Å². The van der Waals surface area contributed by atoms with Gasteiger partial charge in [-0.1, -0.05) is 0 Å². The molecule has 0 radical (unpaired) electrons. The molecule has 0 bridgehead atoms. The number of nitrogens with one attached hydrogen (secondary N) is 1. The van der Waals surface area contributed by atoms with E-state index in [9.17, 15) is 0 Å². The number of thiazole rings is 1.